The van der Waals surface area contributed by atoms with Crippen LogP contribution in [0.2, 0.25) is 0 Å². The second kappa shape index (κ2) is 10.1. The molecule has 152 valence electrons. The lowest BCUT2D eigenvalue weighted by Gasteiger charge is -2.35. The van der Waals surface area contributed by atoms with E-state index in [9.17, 15) is 9.90 Å². The molecule has 27 heavy (non-hydrogen) atoms. The number of amides is 1. The van der Waals surface area contributed by atoms with Gasteiger partial charge in [-0.2, -0.15) is 0 Å². The average molecular weight is 376 g/mol. The molecule has 1 atom stereocenters. The molecule has 4 heteroatoms. The van der Waals surface area contributed by atoms with E-state index in [1.165, 1.54) is 12.0 Å². The molecule has 1 fully saturated rings. The number of carbonyl (C=O) groups excluding carboxylic acids is 1. The number of alkyl carbamates (subject to hydrolysis) is 1. The zero-order valence-corrected chi connectivity index (χ0v) is 17.3. The van der Waals surface area contributed by atoms with Crippen LogP contribution in [0.25, 0.3) is 0 Å². The second-order valence-electron chi connectivity index (χ2n) is 9.12. The van der Waals surface area contributed by atoms with Crippen LogP contribution in [0.15, 0.2) is 30.3 Å². The monoisotopic (exact) mass is 375 g/mol. The van der Waals surface area contributed by atoms with Gasteiger partial charge in [-0.3, -0.25) is 0 Å². The quantitative estimate of drug-likeness (QED) is 0.611. The first kappa shape index (κ1) is 21.7. The third-order valence-electron chi connectivity index (χ3n) is 5.28. The summed E-state index contributed by atoms with van der Waals surface area (Å²) in [5.41, 5.74) is 0.350. The molecule has 1 aliphatic carbocycles. The second-order valence-corrected chi connectivity index (χ2v) is 9.12. The van der Waals surface area contributed by atoms with Crippen molar-refractivity contribution in [1.29, 1.82) is 0 Å². The van der Waals surface area contributed by atoms with E-state index in [4.69, 9.17) is 4.74 Å². The van der Waals surface area contributed by atoms with E-state index in [0.717, 1.165) is 51.4 Å². The summed E-state index contributed by atoms with van der Waals surface area (Å²) in [6.07, 6.45) is 8.73. The smallest absolute Gasteiger partial charge is 0.407 e. The molecule has 0 aromatic heterocycles. The highest BCUT2D eigenvalue weighted by Crippen LogP contribution is 2.35. The first-order valence-corrected chi connectivity index (χ1v) is 10.5. The fourth-order valence-electron chi connectivity index (χ4n) is 4.07. The van der Waals surface area contributed by atoms with Gasteiger partial charge in [0.15, 0.2) is 0 Å². The standard InChI is InChI=1S/C23H37NO3/c1-22(2,3)27-21(25)24-16-10-13-20(17-19-11-6-4-7-12-19)18-23(26)14-8-5-9-15-23/h4,6-7,11-12,20,26H,5,8-10,13-18H2,1-3H3,(H,24,25). The number of benzene rings is 1. The van der Waals surface area contributed by atoms with Crippen LogP contribution in [0.3, 0.4) is 0 Å². The van der Waals surface area contributed by atoms with Gasteiger partial charge < -0.3 is 15.2 Å². The molecule has 0 saturated heterocycles. The van der Waals surface area contributed by atoms with Gasteiger partial charge in [0.25, 0.3) is 0 Å². The van der Waals surface area contributed by atoms with Crippen LogP contribution in [-0.2, 0) is 11.2 Å². The van der Waals surface area contributed by atoms with Crippen LogP contribution in [0, 0.1) is 5.92 Å². The Hall–Kier alpha value is -1.55. The normalized spacial score (nSPS) is 17.9. The van der Waals surface area contributed by atoms with E-state index in [0.29, 0.717) is 12.5 Å². The first-order chi connectivity index (χ1) is 12.8. The molecule has 2 N–H and O–H groups in total. The predicted molar refractivity (Wildman–Crippen MR) is 110 cm³/mol. The summed E-state index contributed by atoms with van der Waals surface area (Å²) < 4.78 is 5.29. The van der Waals surface area contributed by atoms with E-state index in [1.54, 1.807) is 0 Å². The van der Waals surface area contributed by atoms with Crippen LogP contribution in [0.1, 0.15) is 77.7 Å². The molecule has 0 spiro atoms. The predicted octanol–water partition coefficient (Wildman–Crippen LogP) is 5.24. The Kier molecular flexibility index (Phi) is 8.15. The Morgan fingerprint density at radius 2 is 1.85 bits per heavy atom. The van der Waals surface area contributed by atoms with Gasteiger partial charge >= 0.3 is 6.09 Å². The third kappa shape index (κ3) is 8.79. The van der Waals surface area contributed by atoms with Gasteiger partial charge in [-0.15, -0.1) is 0 Å². The van der Waals surface area contributed by atoms with Crippen LogP contribution in [-0.4, -0.2) is 28.9 Å². The van der Waals surface area contributed by atoms with Crippen LogP contribution < -0.4 is 5.32 Å². The fourth-order valence-corrected chi connectivity index (χ4v) is 4.07. The minimum Gasteiger partial charge on any atom is -0.444 e. The molecule has 0 aliphatic heterocycles. The Balaban J connectivity index is 1.85. The number of hydrogen-bond acceptors (Lipinski definition) is 3. The Labute approximate surface area is 164 Å². The maximum absolute atomic E-state index is 11.8. The molecular weight excluding hydrogens is 338 g/mol. The molecule has 0 heterocycles. The summed E-state index contributed by atoms with van der Waals surface area (Å²) in [6, 6.07) is 10.5. The molecule has 1 saturated carbocycles. The van der Waals surface area contributed by atoms with Crippen molar-refractivity contribution < 1.29 is 14.6 Å². The summed E-state index contributed by atoms with van der Waals surface area (Å²) in [4.78, 5) is 11.8. The van der Waals surface area contributed by atoms with Crippen molar-refractivity contribution in [2.24, 2.45) is 5.92 Å². The average Bonchev–Trinajstić information content (AvgIpc) is 2.58. The Morgan fingerprint density at radius 3 is 2.48 bits per heavy atom. The SMILES string of the molecule is CC(C)(C)OC(=O)NCCCC(Cc1ccccc1)CC1(O)CCCCC1. The summed E-state index contributed by atoms with van der Waals surface area (Å²) in [6.45, 7) is 6.21. The van der Waals surface area contributed by atoms with E-state index >= 15 is 0 Å². The van der Waals surface area contributed by atoms with E-state index in [-0.39, 0.29) is 6.09 Å². The molecule has 2 rings (SSSR count). The van der Waals surface area contributed by atoms with Crippen molar-refractivity contribution in [3.05, 3.63) is 35.9 Å². The van der Waals surface area contributed by atoms with Crippen molar-refractivity contribution in [2.45, 2.75) is 89.8 Å². The lowest BCUT2D eigenvalue weighted by atomic mass is 9.76. The zero-order valence-electron chi connectivity index (χ0n) is 17.3. The fraction of sp³-hybridized carbons (Fsp3) is 0.696. The zero-order chi connectivity index (χ0) is 19.8. The minimum absolute atomic E-state index is 0.354. The molecule has 4 nitrogen and oxygen atoms in total. The highest BCUT2D eigenvalue weighted by molar-refractivity contribution is 5.67. The van der Waals surface area contributed by atoms with Crippen molar-refractivity contribution in [2.75, 3.05) is 6.54 Å². The minimum atomic E-state index is -0.504. The van der Waals surface area contributed by atoms with E-state index in [2.05, 4.69) is 29.6 Å². The van der Waals surface area contributed by atoms with Crippen LogP contribution in [0.5, 0.6) is 0 Å². The lowest BCUT2D eigenvalue weighted by molar-refractivity contribution is -0.0188. The molecule has 1 aromatic rings. The van der Waals surface area contributed by atoms with Crippen molar-refractivity contribution in [3.63, 3.8) is 0 Å². The maximum Gasteiger partial charge on any atom is 0.407 e. The Bertz CT molecular complexity index is 559. The van der Waals surface area contributed by atoms with Gasteiger partial charge in [0.2, 0.25) is 0 Å². The number of nitrogens with one attached hydrogen (secondary N) is 1. The van der Waals surface area contributed by atoms with Gasteiger partial charge in [0, 0.05) is 6.54 Å². The van der Waals surface area contributed by atoms with Gasteiger partial charge in [-0.25, -0.2) is 4.79 Å². The van der Waals surface area contributed by atoms with Crippen molar-refractivity contribution in [3.8, 4) is 0 Å². The summed E-state index contributed by atoms with van der Waals surface area (Å²) in [5, 5.41) is 13.9. The Morgan fingerprint density at radius 1 is 1.19 bits per heavy atom. The molecular formula is C23H37NO3. The highest BCUT2D eigenvalue weighted by Gasteiger charge is 2.32. The third-order valence-corrected chi connectivity index (χ3v) is 5.28. The van der Waals surface area contributed by atoms with Crippen LogP contribution in [0.4, 0.5) is 4.79 Å². The number of aliphatic hydroxyl groups is 1. The number of ether oxygens (including phenoxy) is 1. The number of rotatable bonds is 8. The molecule has 0 radical (unpaired) electrons. The lowest BCUT2D eigenvalue weighted by Crippen LogP contribution is -2.35. The first-order valence-electron chi connectivity index (χ1n) is 10.5. The topological polar surface area (TPSA) is 58.6 Å². The van der Waals surface area contributed by atoms with Gasteiger partial charge in [-0.05, 0) is 70.8 Å². The highest BCUT2D eigenvalue weighted by atomic mass is 16.6. The molecule has 0 bridgehead atoms. The van der Waals surface area contributed by atoms with Crippen LogP contribution >= 0.6 is 0 Å². The number of carbonyl (C=O) groups is 1. The van der Waals surface area contributed by atoms with Gasteiger partial charge in [0.1, 0.15) is 5.60 Å². The van der Waals surface area contributed by atoms with Crippen molar-refractivity contribution >= 4 is 6.09 Å². The molecule has 1 aromatic carbocycles. The van der Waals surface area contributed by atoms with E-state index < -0.39 is 11.2 Å². The largest absolute Gasteiger partial charge is 0.444 e. The molecule has 1 unspecified atom stereocenters. The number of hydrogen-bond donors (Lipinski definition) is 2. The van der Waals surface area contributed by atoms with Gasteiger partial charge in [-0.1, -0.05) is 49.6 Å². The summed E-state index contributed by atoms with van der Waals surface area (Å²) in [5.74, 6) is 0.427. The van der Waals surface area contributed by atoms with Gasteiger partial charge in [0.05, 0.1) is 5.60 Å². The summed E-state index contributed by atoms with van der Waals surface area (Å²) in [7, 11) is 0. The molecule has 1 amide bonds. The maximum atomic E-state index is 11.8. The van der Waals surface area contributed by atoms with Crippen molar-refractivity contribution in [1.82, 2.24) is 5.32 Å². The van der Waals surface area contributed by atoms with E-state index in [1.807, 2.05) is 26.8 Å². The summed E-state index contributed by atoms with van der Waals surface area (Å²) >= 11 is 0. The molecule has 1 aliphatic rings.